The summed E-state index contributed by atoms with van der Waals surface area (Å²) in [4.78, 5) is 15.6. The predicted molar refractivity (Wildman–Crippen MR) is 97.7 cm³/mol. The van der Waals surface area contributed by atoms with Gasteiger partial charge in [0.1, 0.15) is 11.6 Å². The Hall–Kier alpha value is -1.93. The molecule has 0 radical (unpaired) electrons. The normalized spacial score (nSPS) is 24.1. The zero-order valence-electron chi connectivity index (χ0n) is 15.6. The first kappa shape index (κ1) is 19.8. The monoisotopic (exact) mass is 383 g/mol. The number of carbonyl (C=O) groups excluding carboxylic acids is 1. The molecule has 1 unspecified atom stereocenters. The number of piperidine rings is 2. The van der Waals surface area contributed by atoms with Crippen LogP contribution in [0.15, 0.2) is 18.2 Å². The molecule has 6 nitrogen and oxygen atoms in total. The van der Waals surface area contributed by atoms with Gasteiger partial charge in [-0.15, -0.1) is 0 Å². The maximum absolute atomic E-state index is 13.4. The van der Waals surface area contributed by atoms with E-state index in [1.54, 1.807) is 4.90 Å². The second-order valence-corrected chi connectivity index (χ2v) is 7.18. The summed E-state index contributed by atoms with van der Waals surface area (Å²) in [5, 5.41) is 0. The molecule has 3 rings (SSSR count). The van der Waals surface area contributed by atoms with Crippen molar-refractivity contribution in [2.45, 2.75) is 43.9 Å². The first-order valence-corrected chi connectivity index (χ1v) is 9.40. The fraction of sp³-hybridized carbons (Fsp3) is 0.632. The molecule has 8 heteroatoms. The van der Waals surface area contributed by atoms with Crippen LogP contribution < -0.4 is 10.6 Å². The largest absolute Gasteiger partial charge is 0.453 e. The molecule has 2 heterocycles. The topological polar surface area (TPSA) is 68.0 Å². The molecule has 1 aromatic rings. The Morgan fingerprint density at radius 2 is 1.81 bits per heavy atom. The van der Waals surface area contributed by atoms with Crippen LogP contribution in [0.3, 0.4) is 0 Å². The maximum atomic E-state index is 13.4. The summed E-state index contributed by atoms with van der Waals surface area (Å²) in [5.74, 6) is -1.14. The third-order valence-corrected chi connectivity index (χ3v) is 5.40. The lowest BCUT2D eigenvalue weighted by atomic mass is 9.98. The number of methoxy groups -OCH3 is 1. The Kier molecular flexibility index (Phi) is 6.49. The van der Waals surface area contributed by atoms with Crippen molar-refractivity contribution in [3.63, 3.8) is 0 Å². The van der Waals surface area contributed by atoms with Gasteiger partial charge in [-0.1, -0.05) is 0 Å². The summed E-state index contributed by atoms with van der Waals surface area (Å²) in [7, 11) is 1.37. The molecular weight excluding hydrogens is 356 g/mol. The lowest BCUT2D eigenvalue weighted by molar-refractivity contribution is -0.0163. The number of hydrogen-bond acceptors (Lipinski definition) is 5. The molecule has 2 aliphatic heterocycles. The summed E-state index contributed by atoms with van der Waals surface area (Å²) in [5.41, 5.74) is 6.75. The third kappa shape index (κ3) is 4.87. The predicted octanol–water partition coefficient (Wildman–Crippen LogP) is 2.51. The van der Waals surface area contributed by atoms with Crippen LogP contribution in [0.25, 0.3) is 0 Å². The molecule has 2 aliphatic rings. The van der Waals surface area contributed by atoms with Crippen molar-refractivity contribution in [2.75, 3.05) is 38.3 Å². The first-order valence-electron chi connectivity index (χ1n) is 9.40. The van der Waals surface area contributed by atoms with E-state index in [2.05, 4.69) is 0 Å². The van der Waals surface area contributed by atoms with Crippen LogP contribution in [-0.4, -0.2) is 62.5 Å². The molecule has 2 saturated heterocycles. The summed E-state index contributed by atoms with van der Waals surface area (Å²) >= 11 is 0. The maximum Gasteiger partial charge on any atom is 0.409 e. The second-order valence-electron chi connectivity index (χ2n) is 7.18. The minimum absolute atomic E-state index is 0.0354. The minimum atomic E-state index is -0.572. The Morgan fingerprint density at radius 1 is 1.15 bits per heavy atom. The van der Waals surface area contributed by atoms with Gasteiger partial charge in [0, 0.05) is 37.4 Å². The van der Waals surface area contributed by atoms with Crippen LogP contribution >= 0.6 is 0 Å². The standard InChI is InChI=1S/C19H27F2N3O3/c1-26-19(25)24-6-2-3-17(22)18(24)12-27-16-4-7-23(8-5-16)15-10-13(20)9-14(21)11-15/h9-11,16-18H,2-8,12,22H2,1H3/t17?,18-/m0/s1. The molecule has 2 N–H and O–H groups in total. The Morgan fingerprint density at radius 3 is 2.44 bits per heavy atom. The van der Waals surface area contributed by atoms with Gasteiger partial charge in [0.15, 0.2) is 0 Å². The van der Waals surface area contributed by atoms with Gasteiger partial charge in [-0.25, -0.2) is 13.6 Å². The highest BCUT2D eigenvalue weighted by Crippen LogP contribution is 2.24. The number of hydrogen-bond donors (Lipinski definition) is 1. The fourth-order valence-electron chi connectivity index (χ4n) is 3.88. The highest BCUT2D eigenvalue weighted by Gasteiger charge is 2.34. The SMILES string of the molecule is COC(=O)N1CCCC(N)[C@@H]1COC1CCN(c2cc(F)cc(F)c2)CC1. The number of likely N-dealkylation sites (tertiary alicyclic amines) is 1. The van der Waals surface area contributed by atoms with Crippen LogP contribution in [0.4, 0.5) is 19.3 Å². The molecule has 2 atom stereocenters. The molecule has 0 saturated carbocycles. The lowest BCUT2D eigenvalue weighted by Gasteiger charge is -2.40. The number of ether oxygens (including phenoxy) is 2. The highest BCUT2D eigenvalue weighted by atomic mass is 19.1. The van der Waals surface area contributed by atoms with E-state index in [4.69, 9.17) is 15.2 Å². The fourth-order valence-corrected chi connectivity index (χ4v) is 3.88. The molecule has 0 bridgehead atoms. The van der Waals surface area contributed by atoms with E-state index in [0.717, 1.165) is 31.7 Å². The van der Waals surface area contributed by atoms with Gasteiger partial charge in [0.25, 0.3) is 0 Å². The Labute approximate surface area is 158 Å². The van der Waals surface area contributed by atoms with E-state index in [1.807, 2.05) is 4.90 Å². The quantitative estimate of drug-likeness (QED) is 0.865. The average Bonchev–Trinajstić information content (AvgIpc) is 2.66. The van der Waals surface area contributed by atoms with Gasteiger partial charge in [-0.3, -0.25) is 0 Å². The highest BCUT2D eigenvalue weighted by molar-refractivity contribution is 5.68. The van der Waals surface area contributed by atoms with Gasteiger partial charge in [0.2, 0.25) is 0 Å². The molecule has 1 amide bonds. The number of amides is 1. The summed E-state index contributed by atoms with van der Waals surface area (Å²) in [6, 6.07) is 3.24. The summed E-state index contributed by atoms with van der Waals surface area (Å²) < 4.78 is 37.7. The van der Waals surface area contributed by atoms with Crippen molar-refractivity contribution in [1.29, 1.82) is 0 Å². The Balaban J connectivity index is 1.52. The van der Waals surface area contributed by atoms with Gasteiger partial charge in [0.05, 0.1) is 25.9 Å². The number of halogens is 2. The van der Waals surface area contributed by atoms with Crippen LogP contribution in [0, 0.1) is 11.6 Å². The molecule has 1 aromatic carbocycles. The van der Waals surface area contributed by atoms with E-state index in [0.29, 0.717) is 31.9 Å². The number of benzene rings is 1. The molecular formula is C19H27F2N3O3. The van der Waals surface area contributed by atoms with Gasteiger partial charge < -0.3 is 25.0 Å². The van der Waals surface area contributed by atoms with E-state index >= 15 is 0 Å². The molecule has 0 aromatic heterocycles. The van der Waals surface area contributed by atoms with Crippen molar-refractivity contribution >= 4 is 11.8 Å². The van der Waals surface area contributed by atoms with E-state index < -0.39 is 11.6 Å². The minimum Gasteiger partial charge on any atom is -0.453 e. The summed E-state index contributed by atoms with van der Waals surface area (Å²) in [6.45, 7) is 2.31. The lowest BCUT2D eigenvalue weighted by Crippen LogP contribution is -2.56. The van der Waals surface area contributed by atoms with Crippen molar-refractivity contribution in [3.8, 4) is 0 Å². The average molecular weight is 383 g/mol. The zero-order valence-corrected chi connectivity index (χ0v) is 15.6. The number of anilines is 1. The van der Waals surface area contributed by atoms with Gasteiger partial charge in [-0.2, -0.15) is 0 Å². The third-order valence-electron chi connectivity index (χ3n) is 5.40. The number of nitrogens with two attached hydrogens (primary N) is 1. The summed E-state index contributed by atoms with van der Waals surface area (Å²) in [6.07, 6.45) is 2.87. The number of nitrogens with zero attached hydrogens (tertiary/aromatic N) is 2. The van der Waals surface area contributed by atoms with Crippen LogP contribution in [0.2, 0.25) is 0 Å². The van der Waals surface area contributed by atoms with Crippen molar-refractivity contribution in [3.05, 3.63) is 29.8 Å². The Bertz CT molecular complexity index is 633. The number of rotatable bonds is 4. The molecule has 0 aliphatic carbocycles. The smallest absolute Gasteiger partial charge is 0.409 e. The van der Waals surface area contributed by atoms with Gasteiger partial charge >= 0.3 is 6.09 Å². The van der Waals surface area contributed by atoms with E-state index in [1.165, 1.54) is 19.2 Å². The van der Waals surface area contributed by atoms with Gasteiger partial charge in [-0.05, 0) is 37.8 Å². The molecule has 150 valence electrons. The number of carbonyl (C=O) groups is 1. The molecule has 27 heavy (non-hydrogen) atoms. The van der Waals surface area contributed by atoms with Crippen molar-refractivity contribution in [1.82, 2.24) is 4.90 Å². The van der Waals surface area contributed by atoms with Crippen LogP contribution in [0.5, 0.6) is 0 Å². The van der Waals surface area contributed by atoms with E-state index in [9.17, 15) is 13.6 Å². The zero-order chi connectivity index (χ0) is 19.4. The molecule has 2 fully saturated rings. The first-order chi connectivity index (χ1) is 13.0. The van der Waals surface area contributed by atoms with Crippen LogP contribution in [0.1, 0.15) is 25.7 Å². The second kappa shape index (κ2) is 8.84. The van der Waals surface area contributed by atoms with Crippen molar-refractivity contribution in [2.24, 2.45) is 5.73 Å². The van der Waals surface area contributed by atoms with Crippen molar-refractivity contribution < 1.29 is 23.0 Å². The van der Waals surface area contributed by atoms with E-state index in [-0.39, 0.29) is 24.3 Å². The molecule has 0 spiro atoms. The van der Waals surface area contributed by atoms with Crippen LogP contribution in [-0.2, 0) is 9.47 Å².